The van der Waals surface area contributed by atoms with E-state index in [1.165, 1.54) is 0 Å². The second kappa shape index (κ2) is 4.41. The van der Waals surface area contributed by atoms with E-state index >= 15 is 0 Å². The smallest absolute Gasteiger partial charge is 0.120 e. The van der Waals surface area contributed by atoms with Crippen LogP contribution in [0.15, 0.2) is 36.4 Å². The number of aromatic hydroxyl groups is 1. The monoisotopic (exact) mass is 218 g/mol. The maximum atomic E-state index is 9.36. The van der Waals surface area contributed by atoms with Gasteiger partial charge in [-0.05, 0) is 42.0 Å². The summed E-state index contributed by atoms with van der Waals surface area (Å²) in [5, 5.41) is 20.4. The predicted octanol–water partition coefficient (Wildman–Crippen LogP) is 2.30. The van der Waals surface area contributed by atoms with Crippen LogP contribution >= 0.6 is 0 Å². The molecule has 0 aliphatic carbocycles. The van der Waals surface area contributed by atoms with Crippen LogP contribution in [0.1, 0.15) is 6.92 Å². The first-order valence-electron chi connectivity index (χ1n) is 5.19. The Morgan fingerprint density at radius 3 is 2.62 bits per heavy atom. The van der Waals surface area contributed by atoms with Crippen molar-refractivity contribution >= 4 is 10.8 Å². The van der Waals surface area contributed by atoms with E-state index in [9.17, 15) is 5.11 Å². The highest BCUT2D eigenvalue weighted by Gasteiger charge is 2.00. The van der Waals surface area contributed by atoms with Gasteiger partial charge < -0.3 is 14.9 Å². The molecule has 3 nitrogen and oxygen atoms in total. The second-order valence-corrected chi connectivity index (χ2v) is 3.85. The Morgan fingerprint density at radius 1 is 1.12 bits per heavy atom. The van der Waals surface area contributed by atoms with Crippen LogP contribution in [0.4, 0.5) is 0 Å². The number of hydrogen-bond donors (Lipinski definition) is 2. The van der Waals surface area contributed by atoms with E-state index in [0.29, 0.717) is 5.75 Å². The Labute approximate surface area is 93.9 Å². The van der Waals surface area contributed by atoms with E-state index in [4.69, 9.17) is 9.84 Å². The molecule has 2 aromatic carbocycles. The van der Waals surface area contributed by atoms with E-state index in [2.05, 4.69) is 0 Å². The number of phenols is 1. The summed E-state index contributed by atoms with van der Waals surface area (Å²) >= 11 is 0. The van der Waals surface area contributed by atoms with Crippen LogP contribution in [0.2, 0.25) is 0 Å². The van der Waals surface area contributed by atoms with Gasteiger partial charge in [0.15, 0.2) is 0 Å². The SMILES string of the molecule is CC(O)COc1ccc2ccc(O)cc2c1. The van der Waals surface area contributed by atoms with Gasteiger partial charge in [0.25, 0.3) is 0 Å². The maximum Gasteiger partial charge on any atom is 0.120 e. The molecule has 84 valence electrons. The van der Waals surface area contributed by atoms with Crippen LogP contribution in [-0.2, 0) is 0 Å². The van der Waals surface area contributed by atoms with Crippen molar-refractivity contribution < 1.29 is 14.9 Å². The van der Waals surface area contributed by atoms with Crippen molar-refractivity contribution in [3.63, 3.8) is 0 Å². The molecule has 0 saturated carbocycles. The zero-order chi connectivity index (χ0) is 11.5. The summed E-state index contributed by atoms with van der Waals surface area (Å²) in [5.41, 5.74) is 0. The van der Waals surface area contributed by atoms with Crippen LogP contribution in [0.5, 0.6) is 11.5 Å². The first-order valence-corrected chi connectivity index (χ1v) is 5.19. The minimum absolute atomic E-state index is 0.236. The molecule has 0 aliphatic rings. The quantitative estimate of drug-likeness (QED) is 0.831. The van der Waals surface area contributed by atoms with Crippen molar-refractivity contribution in [2.45, 2.75) is 13.0 Å². The van der Waals surface area contributed by atoms with Crippen molar-refractivity contribution in [3.05, 3.63) is 36.4 Å². The third kappa shape index (κ3) is 2.44. The molecule has 0 spiro atoms. The van der Waals surface area contributed by atoms with E-state index in [1.54, 1.807) is 19.1 Å². The molecule has 1 atom stereocenters. The number of aliphatic hydroxyl groups is 1. The van der Waals surface area contributed by atoms with Crippen LogP contribution in [0.25, 0.3) is 10.8 Å². The number of rotatable bonds is 3. The van der Waals surface area contributed by atoms with Gasteiger partial charge in [-0.3, -0.25) is 0 Å². The van der Waals surface area contributed by atoms with Gasteiger partial charge in [-0.25, -0.2) is 0 Å². The Balaban J connectivity index is 2.28. The molecule has 0 saturated heterocycles. The maximum absolute atomic E-state index is 9.36. The summed E-state index contributed by atoms with van der Waals surface area (Å²) in [6.07, 6.45) is -0.486. The Morgan fingerprint density at radius 2 is 1.88 bits per heavy atom. The van der Waals surface area contributed by atoms with Gasteiger partial charge in [0.2, 0.25) is 0 Å². The second-order valence-electron chi connectivity index (χ2n) is 3.85. The van der Waals surface area contributed by atoms with Gasteiger partial charge in [-0.2, -0.15) is 0 Å². The third-order valence-electron chi connectivity index (χ3n) is 2.29. The number of hydrogen-bond acceptors (Lipinski definition) is 3. The van der Waals surface area contributed by atoms with Gasteiger partial charge in [-0.1, -0.05) is 12.1 Å². The normalized spacial score (nSPS) is 12.6. The fraction of sp³-hybridized carbons (Fsp3) is 0.231. The molecule has 0 radical (unpaired) electrons. The van der Waals surface area contributed by atoms with Gasteiger partial charge in [0.1, 0.15) is 18.1 Å². The van der Waals surface area contributed by atoms with Gasteiger partial charge in [0.05, 0.1) is 6.10 Å². The van der Waals surface area contributed by atoms with Gasteiger partial charge in [0, 0.05) is 0 Å². The molecule has 0 fully saturated rings. The molecule has 0 aliphatic heterocycles. The highest BCUT2D eigenvalue weighted by molar-refractivity contribution is 5.85. The van der Waals surface area contributed by atoms with Crippen LogP contribution in [-0.4, -0.2) is 22.9 Å². The summed E-state index contributed by atoms with van der Waals surface area (Å²) in [5.74, 6) is 0.930. The van der Waals surface area contributed by atoms with E-state index in [1.807, 2.05) is 24.3 Å². The Hall–Kier alpha value is -1.74. The van der Waals surface area contributed by atoms with E-state index < -0.39 is 6.10 Å². The van der Waals surface area contributed by atoms with Crippen molar-refractivity contribution in [1.82, 2.24) is 0 Å². The lowest BCUT2D eigenvalue weighted by Crippen LogP contribution is -2.12. The van der Waals surface area contributed by atoms with E-state index in [-0.39, 0.29) is 12.4 Å². The lowest BCUT2D eigenvalue weighted by Gasteiger charge is -2.08. The first-order chi connectivity index (χ1) is 7.65. The molecule has 2 aromatic rings. The first kappa shape index (κ1) is 10.8. The largest absolute Gasteiger partial charge is 0.508 e. The minimum Gasteiger partial charge on any atom is -0.508 e. The molecule has 1 unspecified atom stereocenters. The number of ether oxygens (including phenoxy) is 1. The molecule has 0 aromatic heterocycles. The summed E-state index contributed by atoms with van der Waals surface area (Å²) in [6.45, 7) is 1.94. The van der Waals surface area contributed by atoms with Crippen LogP contribution in [0, 0.1) is 0 Å². The molecule has 0 amide bonds. The number of aliphatic hydroxyl groups excluding tert-OH is 1. The highest BCUT2D eigenvalue weighted by Crippen LogP contribution is 2.24. The average Bonchev–Trinajstić information content (AvgIpc) is 2.25. The molecular formula is C13H14O3. The van der Waals surface area contributed by atoms with Crippen molar-refractivity contribution in [3.8, 4) is 11.5 Å². The van der Waals surface area contributed by atoms with Crippen molar-refractivity contribution in [1.29, 1.82) is 0 Å². The topological polar surface area (TPSA) is 49.7 Å². The molecule has 0 bridgehead atoms. The van der Waals surface area contributed by atoms with E-state index in [0.717, 1.165) is 10.8 Å². The molecule has 3 heteroatoms. The van der Waals surface area contributed by atoms with Gasteiger partial charge in [-0.15, -0.1) is 0 Å². The lowest BCUT2D eigenvalue weighted by atomic mass is 10.1. The summed E-state index contributed by atoms with van der Waals surface area (Å²) in [6, 6.07) is 10.8. The van der Waals surface area contributed by atoms with Crippen molar-refractivity contribution in [2.24, 2.45) is 0 Å². The van der Waals surface area contributed by atoms with Gasteiger partial charge >= 0.3 is 0 Å². The van der Waals surface area contributed by atoms with Crippen molar-refractivity contribution in [2.75, 3.05) is 6.61 Å². The summed E-state index contributed by atoms with van der Waals surface area (Å²) in [4.78, 5) is 0. The number of benzene rings is 2. The summed E-state index contributed by atoms with van der Waals surface area (Å²) < 4.78 is 5.38. The fourth-order valence-electron chi connectivity index (χ4n) is 1.52. The van der Waals surface area contributed by atoms with Crippen LogP contribution in [0.3, 0.4) is 0 Å². The molecule has 0 heterocycles. The van der Waals surface area contributed by atoms with Crippen LogP contribution < -0.4 is 4.74 Å². The highest BCUT2D eigenvalue weighted by atomic mass is 16.5. The standard InChI is InChI=1S/C13H14O3/c1-9(14)8-16-13-5-3-10-2-4-12(15)6-11(10)7-13/h2-7,9,14-15H,8H2,1H3. The molecular weight excluding hydrogens is 204 g/mol. The average molecular weight is 218 g/mol. The summed E-state index contributed by atoms with van der Waals surface area (Å²) in [7, 11) is 0. The number of phenolic OH excluding ortho intramolecular Hbond substituents is 1. The fourth-order valence-corrected chi connectivity index (χ4v) is 1.52. The Bertz CT molecular complexity index is 492. The molecule has 2 rings (SSSR count). The Kier molecular flexibility index (Phi) is 2.97. The zero-order valence-electron chi connectivity index (χ0n) is 9.05. The zero-order valence-corrected chi connectivity index (χ0v) is 9.05. The predicted molar refractivity (Wildman–Crippen MR) is 62.8 cm³/mol. The third-order valence-corrected chi connectivity index (χ3v) is 2.29. The molecule has 2 N–H and O–H groups in total. The molecule has 16 heavy (non-hydrogen) atoms. The lowest BCUT2D eigenvalue weighted by molar-refractivity contribution is 0.123. The number of fused-ring (bicyclic) bond motifs is 1. The minimum atomic E-state index is -0.486.